The molecule has 2 saturated heterocycles. The number of rotatable bonds is 7. The smallest absolute Gasteiger partial charge is 0.410 e. The van der Waals surface area contributed by atoms with Gasteiger partial charge in [-0.25, -0.2) is 9.78 Å². The molecule has 2 aromatic heterocycles. The van der Waals surface area contributed by atoms with Crippen molar-refractivity contribution in [2.75, 3.05) is 39.4 Å². The number of nitrogens with zero attached hydrogens (tertiary/aromatic N) is 4. The molecule has 2 unspecified atom stereocenters. The van der Waals surface area contributed by atoms with E-state index in [1.54, 1.807) is 4.90 Å². The highest BCUT2D eigenvalue weighted by Gasteiger charge is 2.38. The van der Waals surface area contributed by atoms with Crippen LogP contribution >= 0.6 is 0 Å². The van der Waals surface area contributed by atoms with Crippen LogP contribution in [0.4, 0.5) is 4.79 Å². The number of aromatic nitrogens is 2. The second-order valence-electron chi connectivity index (χ2n) is 12.2. The molecule has 0 bridgehead atoms. The summed E-state index contributed by atoms with van der Waals surface area (Å²) in [5, 5.41) is 11.6. The van der Waals surface area contributed by atoms with Crippen LogP contribution in [-0.2, 0) is 27.1 Å². The Labute approximate surface area is 242 Å². The lowest BCUT2D eigenvalue weighted by molar-refractivity contribution is -0.142. The molecule has 9 heteroatoms. The summed E-state index contributed by atoms with van der Waals surface area (Å²) >= 11 is 0. The largest absolute Gasteiger partial charge is 0.444 e. The third-order valence-electron chi connectivity index (χ3n) is 7.89. The van der Waals surface area contributed by atoms with Crippen molar-refractivity contribution in [3.05, 3.63) is 71.7 Å². The van der Waals surface area contributed by atoms with Crippen LogP contribution in [0.3, 0.4) is 0 Å². The van der Waals surface area contributed by atoms with E-state index < -0.39 is 17.8 Å². The van der Waals surface area contributed by atoms with E-state index in [4.69, 9.17) is 14.5 Å². The Morgan fingerprint density at radius 3 is 2.49 bits per heavy atom. The topological polar surface area (TPSA) is 96.6 Å². The first-order chi connectivity index (χ1) is 19.7. The molecule has 3 aromatic rings. The molecular weight excluding hydrogens is 520 g/mol. The maximum Gasteiger partial charge on any atom is 0.410 e. The second-order valence-corrected chi connectivity index (χ2v) is 12.2. The van der Waals surface area contributed by atoms with Gasteiger partial charge in [-0.2, -0.15) is 0 Å². The number of fused-ring (bicyclic) bond motifs is 1. The van der Waals surface area contributed by atoms with E-state index in [1.807, 2.05) is 68.3 Å². The van der Waals surface area contributed by atoms with E-state index in [2.05, 4.69) is 16.5 Å². The maximum absolute atomic E-state index is 13.5. The molecule has 2 aliphatic heterocycles. The number of aliphatic hydroxyl groups excluding tert-OH is 1. The van der Waals surface area contributed by atoms with Gasteiger partial charge in [0.25, 0.3) is 0 Å². The third-order valence-corrected chi connectivity index (χ3v) is 7.89. The van der Waals surface area contributed by atoms with Gasteiger partial charge < -0.3 is 28.8 Å². The maximum atomic E-state index is 13.5. The van der Waals surface area contributed by atoms with Gasteiger partial charge in [0.1, 0.15) is 11.2 Å². The molecule has 2 aliphatic rings. The molecule has 4 heterocycles. The fraction of sp³-hybridized carbons (Fsp3) is 0.531. The summed E-state index contributed by atoms with van der Waals surface area (Å²) in [4.78, 5) is 35.0. The van der Waals surface area contributed by atoms with Crippen LogP contribution in [0.5, 0.6) is 0 Å². The predicted octanol–water partition coefficient (Wildman–Crippen LogP) is 4.28. The summed E-state index contributed by atoms with van der Waals surface area (Å²) in [6.07, 6.45) is 3.29. The van der Waals surface area contributed by atoms with Crippen LogP contribution in [0.2, 0.25) is 0 Å². The van der Waals surface area contributed by atoms with Crippen LogP contribution in [0.25, 0.3) is 5.65 Å². The number of hydrogen-bond donors (Lipinski definition) is 1. The molecule has 1 N–H and O–H groups in total. The van der Waals surface area contributed by atoms with Crippen LogP contribution < -0.4 is 0 Å². The van der Waals surface area contributed by atoms with Crippen molar-refractivity contribution in [2.45, 2.75) is 58.2 Å². The lowest BCUT2D eigenvalue weighted by Gasteiger charge is -2.40. The summed E-state index contributed by atoms with van der Waals surface area (Å²) < 4.78 is 13.2. The minimum absolute atomic E-state index is 0.0392. The number of aliphatic hydroxyl groups is 1. The molecule has 2 fully saturated rings. The van der Waals surface area contributed by atoms with Crippen molar-refractivity contribution in [1.82, 2.24) is 19.2 Å². The van der Waals surface area contributed by atoms with Gasteiger partial charge in [0, 0.05) is 38.1 Å². The Bertz CT molecular complexity index is 1330. The molecule has 5 rings (SSSR count). The standard InChI is InChI=1S/C32H42N4O5/c1-32(2,3)41-31(39)35-21-24(19-25(22-35)30(38)34-15-17-40-18-16-34)20-27(37)29-26(13-12-23-9-5-4-6-10-23)36-14-8-7-11-28(36)33-29/h4-11,14,24-25,27,37H,12-13,15-22H2,1-3H3/t24?,25-,27?/m1/s1. The number of pyridine rings is 1. The number of benzene rings is 1. The molecular formula is C32H42N4O5. The number of likely N-dealkylation sites (tertiary alicyclic amines) is 1. The first-order valence-corrected chi connectivity index (χ1v) is 14.7. The van der Waals surface area contributed by atoms with Gasteiger partial charge in [-0.15, -0.1) is 0 Å². The number of piperidine rings is 1. The van der Waals surface area contributed by atoms with E-state index in [9.17, 15) is 14.7 Å². The normalized spacial score (nSPS) is 20.7. The van der Waals surface area contributed by atoms with Gasteiger partial charge in [-0.1, -0.05) is 36.4 Å². The van der Waals surface area contributed by atoms with E-state index in [-0.39, 0.29) is 17.7 Å². The van der Waals surface area contributed by atoms with E-state index >= 15 is 0 Å². The van der Waals surface area contributed by atoms with Crippen LogP contribution in [0.1, 0.15) is 56.7 Å². The van der Waals surface area contributed by atoms with E-state index in [1.165, 1.54) is 5.56 Å². The average molecular weight is 563 g/mol. The first-order valence-electron chi connectivity index (χ1n) is 14.7. The van der Waals surface area contributed by atoms with Crippen molar-refractivity contribution in [2.24, 2.45) is 11.8 Å². The minimum Gasteiger partial charge on any atom is -0.444 e. The van der Waals surface area contributed by atoms with Gasteiger partial charge in [-0.3, -0.25) is 4.79 Å². The molecule has 2 amide bonds. The second kappa shape index (κ2) is 12.6. The van der Waals surface area contributed by atoms with E-state index in [0.717, 1.165) is 24.2 Å². The average Bonchev–Trinajstić information content (AvgIpc) is 3.34. The molecule has 3 atom stereocenters. The lowest BCUT2D eigenvalue weighted by atomic mass is 9.84. The van der Waals surface area contributed by atoms with Gasteiger partial charge in [0.2, 0.25) is 5.91 Å². The molecule has 220 valence electrons. The number of carbonyl (C=O) groups is 2. The summed E-state index contributed by atoms with van der Waals surface area (Å²) in [7, 11) is 0. The quantitative estimate of drug-likeness (QED) is 0.462. The zero-order valence-corrected chi connectivity index (χ0v) is 24.4. The lowest BCUT2D eigenvalue weighted by Crippen LogP contribution is -2.52. The fourth-order valence-electron chi connectivity index (χ4n) is 5.99. The third kappa shape index (κ3) is 7.26. The SMILES string of the molecule is CC(C)(C)OC(=O)N1CC(CC(O)c2nc3ccccn3c2CCc2ccccc2)C[C@@H](C(=O)N2CCOCC2)C1. The van der Waals surface area contributed by atoms with Crippen LogP contribution in [0.15, 0.2) is 54.7 Å². The van der Waals surface area contributed by atoms with Crippen LogP contribution in [-0.4, -0.2) is 81.3 Å². The van der Waals surface area contributed by atoms with Gasteiger partial charge in [0.15, 0.2) is 0 Å². The molecule has 0 saturated carbocycles. The van der Waals surface area contributed by atoms with Crippen molar-refractivity contribution in [3.63, 3.8) is 0 Å². The Morgan fingerprint density at radius 2 is 1.76 bits per heavy atom. The summed E-state index contributed by atoms with van der Waals surface area (Å²) in [6, 6.07) is 16.2. The number of ether oxygens (including phenoxy) is 2. The number of amides is 2. The number of aryl methyl sites for hydroxylation is 2. The van der Waals surface area contributed by atoms with Gasteiger partial charge >= 0.3 is 6.09 Å². The van der Waals surface area contributed by atoms with E-state index in [0.29, 0.717) is 57.9 Å². The van der Waals surface area contributed by atoms with Crippen molar-refractivity contribution in [1.29, 1.82) is 0 Å². The first kappa shape index (κ1) is 29.1. The van der Waals surface area contributed by atoms with Crippen molar-refractivity contribution >= 4 is 17.6 Å². The number of carbonyl (C=O) groups excluding carboxylic acids is 2. The minimum atomic E-state index is -0.830. The highest BCUT2D eigenvalue weighted by Crippen LogP contribution is 2.33. The van der Waals surface area contributed by atoms with Gasteiger partial charge in [0.05, 0.1) is 30.9 Å². The number of hydrogen-bond acceptors (Lipinski definition) is 6. The fourth-order valence-corrected chi connectivity index (χ4v) is 5.99. The monoisotopic (exact) mass is 562 g/mol. The Balaban J connectivity index is 1.36. The van der Waals surface area contributed by atoms with Crippen molar-refractivity contribution in [3.8, 4) is 0 Å². The Hall–Kier alpha value is -3.43. The Kier molecular flexibility index (Phi) is 8.94. The number of imidazole rings is 1. The molecule has 41 heavy (non-hydrogen) atoms. The Morgan fingerprint density at radius 1 is 1.02 bits per heavy atom. The highest BCUT2D eigenvalue weighted by molar-refractivity contribution is 5.80. The molecule has 0 spiro atoms. The number of morpholine rings is 1. The van der Waals surface area contributed by atoms with Crippen molar-refractivity contribution < 1.29 is 24.2 Å². The molecule has 0 radical (unpaired) electrons. The predicted molar refractivity (Wildman–Crippen MR) is 155 cm³/mol. The summed E-state index contributed by atoms with van der Waals surface area (Å²) in [6.45, 7) is 8.42. The summed E-state index contributed by atoms with van der Waals surface area (Å²) in [5.74, 6) is -0.407. The molecule has 0 aliphatic carbocycles. The zero-order valence-electron chi connectivity index (χ0n) is 24.4. The molecule has 1 aromatic carbocycles. The zero-order chi connectivity index (χ0) is 29.0. The van der Waals surface area contributed by atoms with Gasteiger partial charge in [-0.05, 0) is 70.1 Å². The molecule has 9 nitrogen and oxygen atoms in total. The highest BCUT2D eigenvalue weighted by atomic mass is 16.6. The summed E-state index contributed by atoms with van der Waals surface area (Å²) in [5.41, 5.74) is 3.03. The van der Waals surface area contributed by atoms with Crippen LogP contribution in [0, 0.1) is 11.8 Å².